The minimum absolute atomic E-state index is 0.0677. The lowest BCUT2D eigenvalue weighted by atomic mass is 10.4. The van der Waals surface area contributed by atoms with E-state index in [0.717, 1.165) is 0 Å². The quantitative estimate of drug-likeness (QED) is 0.737. The van der Waals surface area contributed by atoms with E-state index in [0.29, 0.717) is 6.54 Å². The highest BCUT2D eigenvalue weighted by Gasteiger charge is 2.10. The van der Waals surface area contributed by atoms with Crippen LogP contribution < -0.4 is 5.32 Å². The zero-order chi connectivity index (χ0) is 11.8. The van der Waals surface area contributed by atoms with Gasteiger partial charge < -0.3 is 10.4 Å². The van der Waals surface area contributed by atoms with Crippen LogP contribution in [-0.4, -0.2) is 27.6 Å². The average molecular weight is 219 g/mol. The summed E-state index contributed by atoms with van der Waals surface area (Å²) in [6.07, 6.45) is 10.3. The molecule has 0 atom stereocenters. The normalized spacial score (nSPS) is 11.1. The molecule has 1 heterocycles. The molecule has 0 aliphatic rings. The third-order valence-corrected chi connectivity index (χ3v) is 1.73. The van der Waals surface area contributed by atoms with E-state index in [2.05, 4.69) is 15.3 Å². The van der Waals surface area contributed by atoms with Crippen molar-refractivity contribution < 1.29 is 9.90 Å². The van der Waals surface area contributed by atoms with Crippen LogP contribution >= 0.6 is 0 Å². The van der Waals surface area contributed by atoms with Gasteiger partial charge in [-0.1, -0.05) is 24.3 Å². The van der Waals surface area contributed by atoms with Crippen molar-refractivity contribution in [3.8, 4) is 0 Å². The number of hydrogen-bond donors (Lipinski definition) is 2. The van der Waals surface area contributed by atoms with Crippen LogP contribution in [-0.2, 0) is 0 Å². The Hall–Kier alpha value is -2.17. The zero-order valence-electron chi connectivity index (χ0n) is 8.92. The molecule has 2 N–H and O–H groups in total. The van der Waals surface area contributed by atoms with Crippen LogP contribution in [0.5, 0.6) is 0 Å². The molecule has 1 rings (SSSR count). The number of aromatic nitrogens is 2. The molecular weight excluding hydrogens is 206 g/mol. The molecule has 5 heteroatoms. The molecule has 0 saturated carbocycles. The minimum atomic E-state index is -1.09. The smallest absolute Gasteiger partial charge is 0.358 e. The lowest BCUT2D eigenvalue weighted by Gasteiger charge is -2.03. The summed E-state index contributed by atoms with van der Waals surface area (Å²) in [4.78, 5) is 18.4. The van der Waals surface area contributed by atoms with Gasteiger partial charge in [0, 0.05) is 18.9 Å². The van der Waals surface area contributed by atoms with Crippen LogP contribution in [0.25, 0.3) is 0 Å². The summed E-state index contributed by atoms with van der Waals surface area (Å²) < 4.78 is 0. The number of carboxylic acid groups (broad SMARTS) is 1. The predicted molar refractivity (Wildman–Crippen MR) is 61.4 cm³/mol. The first-order valence-corrected chi connectivity index (χ1v) is 4.81. The molecule has 16 heavy (non-hydrogen) atoms. The van der Waals surface area contributed by atoms with Crippen LogP contribution in [0.15, 0.2) is 36.7 Å². The van der Waals surface area contributed by atoms with Gasteiger partial charge in [-0.3, -0.25) is 0 Å². The van der Waals surface area contributed by atoms with E-state index in [1.54, 1.807) is 0 Å². The molecule has 0 saturated heterocycles. The van der Waals surface area contributed by atoms with E-state index in [-0.39, 0.29) is 11.5 Å². The maximum Gasteiger partial charge on any atom is 0.358 e. The molecule has 0 aliphatic heterocycles. The van der Waals surface area contributed by atoms with Crippen molar-refractivity contribution in [1.82, 2.24) is 9.97 Å². The summed E-state index contributed by atoms with van der Waals surface area (Å²) >= 11 is 0. The first kappa shape index (κ1) is 11.9. The second kappa shape index (κ2) is 6.34. The molecule has 0 fully saturated rings. The van der Waals surface area contributed by atoms with Crippen molar-refractivity contribution >= 4 is 11.8 Å². The van der Waals surface area contributed by atoms with Crippen molar-refractivity contribution in [1.29, 1.82) is 0 Å². The van der Waals surface area contributed by atoms with Gasteiger partial charge in [-0.2, -0.15) is 0 Å². The molecule has 84 valence electrons. The van der Waals surface area contributed by atoms with E-state index >= 15 is 0 Å². The standard InChI is InChI=1S/C11H13N3O2/c1-2-3-4-5-6-13-10-9(11(15)16)12-7-8-14-10/h2-5,7-8H,6H2,1H3,(H,13,14)(H,15,16)/b3-2+,5-4+. The molecular formula is C11H13N3O2. The Labute approximate surface area is 93.6 Å². The molecule has 0 aliphatic carbocycles. The molecule has 0 spiro atoms. The first-order valence-electron chi connectivity index (χ1n) is 4.81. The topological polar surface area (TPSA) is 75.1 Å². The zero-order valence-corrected chi connectivity index (χ0v) is 8.92. The van der Waals surface area contributed by atoms with E-state index in [1.165, 1.54) is 12.4 Å². The second-order valence-corrected chi connectivity index (χ2v) is 2.89. The summed E-state index contributed by atoms with van der Waals surface area (Å²) in [5.41, 5.74) is -0.0677. The number of allylic oxidation sites excluding steroid dienone is 3. The number of nitrogens with one attached hydrogen (secondary N) is 1. The van der Waals surface area contributed by atoms with Gasteiger partial charge in [0.1, 0.15) is 0 Å². The number of aromatic carboxylic acids is 1. The van der Waals surface area contributed by atoms with Crippen LogP contribution in [0, 0.1) is 0 Å². The Morgan fingerprint density at radius 2 is 2.19 bits per heavy atom. The predicted octanol–water partition coefficient (Wildman–Crippen LogP) is 1.72. The monoisotopic (exact) mass is 219 g/mol. The Morgan fingerprint density at radius 3 is 2.88 bits per heavy atom. The fraction of sp³-hybridized carbons (Fsp3) is 0.182. The summed E-state index contributed by atoms with van der Waals surface area (Å²) in [6.45, 7) is 2.42. The molecule has 5 nitrogen and oxygen atoms in total. The van der Waals surface area contributed by atoms with Crippen LogP contribution in [0.3, 0.4) is 0 Å². The fourth-order valence-electron chi connectivity index (χ4n) is 1.04. The number of hydrogen-bond acceptors (Lipinski definition) is 4. The van der Waals surface area contributed by atoms with Gasteiger partial charge in [0.25, 0.3) is 0 Å². The van der Waals surface area contributed by atoms with Crippen molar-refractivity contribution in [2.24, 2.45) is 0 Å². The molecule has 0 bridgehead atoms. The van der Waals surface area contributed by atoms with Gasteiger partial charge in [-0.25, -0.2) is 14.8 Å². The first-order chi connectivity index (χ1) is 7.75. The third kappa shape index (κ3) is 3.53. The molecule has 0 aromatic carbocycles. The highest BCUT2D eigenvalue weighted by Crippen LogP contribution is 2.07. The highest BCUT2D eigenvalue weighted by atomic mass is 16.4. The summed E-state index contributed by atoms with van der Waals surface area (Å²) in [5.74, 6) is -0.812. The van der Waals surface area contributed by atoms with E-state index in [1.807, 2.05) is 31.2 Å². The Bertz CT molecular complexity index is 413. The Kier molecular flexibility index (Phi) is 4.72. The van der Waals surface area contributed by atoms with E-state index < -0.39 is 5.97 Å². The second-order valence-electron chi connectivity index (χ2n) is 2.89. The molecule has 0 unspecified atom stereocenters. The Morgan fingerprint density at radius 1 is 1.44 bits per heavy atom. The Balaban J connectivity index is 2.63. The van der Waals surface area contributed by atoms with Gasteiger partial charge in [-0.15, -0.1) is 0 Å². The van der Waals surface area contributed by atoms with Crippen molar-refractivity contribution in [2.75, 3.05) is 11.9 Å². The SMILES string of the molecule is C/C=C/C=C/CNc1nccnc1C(=O)O. The van der Waals surface area contributed by atoms with Crippen molar-refractivity contribution in [3.05, 3.63) is 42.4 Å². The third-order valence-electron chi connectivity index (χ3n) is 1.73. The van der Waals surface area contributed by atoms with Gasteiger partial charge in [-0.05, 0) is 6.92 Å². The van der Waals surface area contributed by atoms with Gasteiger partial charge in [0.15, 0.2) is 11.5 Å². The fourth-order valence-corrected chi connectivity index (χ4v) is 1.04. The number of carboxylic acids is 1. The van der Waals surface area contributed by atoms with Crippen molar-refractivity contribution in [2.45, 2.75) is 6.92 Å². The lowest BCUT2D eigenvalue weighted by Crippen LogP contribution is -2.09. The van der Waals surface area contributed by atoms with Crippen LogP contribution in [0.1, 0.15) is 17.4 Å². The lowest BCUT2D eigenvalue weighted by molar-refractivity contribution is 0.0691. The maximum absolute atomic E-state index is 10.8. The minimum Gasteiger partial charge on any atom is -0.476 e. The van der Waals surface area contributed by atoms with Crippen LogP contribution in [0.4, 0.5) is 5.82 Å². The molecule has 0 amide bonds. The highest BCUT2D eigenvalue weighted by molar-refractivity contribution is 5.90. The largest absolute Gasteiger partial charge is 0.476 e. The van der Waals surface area contributed by atoms with E-state index in [4.69, 9.17) is 5.11 Å². The number of anilines is 1. The van der Waals surface area contributed by atoms with Crippen LogP contribution in [0.2, 0.25) is 0 Å². The molecule has 1 aromatic rings. The van der Waals surface area contributed by atoms with Crippen molar-refractivity contribution in [3.63, 3.8) is 0 Å². The summed E-state index contributed by atoms with van der Waals surface area (Å²) in [5, 5.41) is 11.7. The van der Waals surface area contributed by atoms with E-state index in [9.17, 15) is 4.79 Å². The van der Waals surface area contributed by atoms with Gasteiger partial charge in [0.05, 0.1) is 0 Å². The van der Waals surface area contributed by atoms with Gasteiger partial charge >= 0.3 is 5.97 Å². The average Bonchev–Trinajstić information content (AvgIpc) is 2.29. The number of carbonyl (C=O) groups is 1. The number of rotatable bonds is 5. The molecule has 1 aromatic heterocycles. The summed E-state index contributed by atoms with van der Waals surface area (Å²) in [6, 6.07) is 0. The molecule has 0 radical (unpaired) electrons. The van der Waals surface area contributed by atoms with Gasteiger partial charge in [0.2, 0.25) is 0 Å². The summed E-state index contributed by atoms with van der Waals surface area (Å²) in [7, 11) is 0. The maximum atomic E-state index is 10.8. The number of nitrogens with zero attached hydrogens (tertiary/aromatic N) is 2.